The lowest BCUT2D eigenvalue weighted by Crippen LogP contribution is -2.38. The Bertz CT molecular complexity index is 699. The number of nitrogens with zero attached hydrogens (tertiary/aromatic N) is 1. The van der Waals surface area contributed by atoms with Crippen LogP contribution in [0.15, 0.2) is 35.7 Å². The van der Waals surface area contributed by atoms with E-state index in [1.807, 2.05) is 13.0 Å². The van der Waals surface area contributed by atoms with E-state index in [1.54, 1.807) is 23.5 Å². The summed E-state index contributed by atoms with van der Waals surface area (Å²) < 4.78 is 5.57. The molecule has 1 aliphatic heterocycles. The van der Waals surface area contributed by atoms with Crippen LogP contribution in [-0.4, -0.2) is 37.0 Å². The third-order valence-electron chi connectivity index (χ3n) is 4.44. The highest BCUT2D eigenvalue weighted by molar-refractivity contribution is 7.10. The molecule has 2 heterocycles. The number of halogens is 1. The highest BCUT2D eigenvalue weighted by atomic mass is 35.5. The van der Waals surface area contributed by atoms with E-state index in [0.29, 0.717) is 17.3 Å². The molecule has 134 valence electrons. The van der Waals surface area contributed by atoms with Crippen LogP contribution in [0.25, 0.3) is 0 Å². The molecule has 1 fully saturated rings. The summed E-state index contributed by atoms with van der Waals surface area (Å²) in [6.07, 6.45) is 2.46. The predicted octanol–water partition coefficient (Wildman–Crippen LogP) is 4.04. The summed E-state index contributed by atoms with van der Waals surface area (Å²) in [6.45, 7) is 4.73. The molecule has 1 atom stereocenters. The number of rotatable bonds is 7. The van der Waals surface area contributed by atoms with Crippen molar-refractivity contribution in [2.45, 2.75) is 25.8 Å². The Hall–Kier alpha value is -1.56. The van der Waals surface area contributed by atoms with Gasteiger partial charge >= 0.3 is 0 Å². The van der Waals surface area contributed by atoms with E-state index in [9.17, 15) is 4.79 Å². The van der Waals surface area contributed by atoms with E-state index in [0.717, 1.165) is 18.7 Å². The zero-order valence-corrected chi connectivity index (χ0v) is 15.9. The quantitative estimate of drug-likeness (QED) is 0.790. The molecule has 1 aromatic heterocycles. The van der Waals surface area contributed by atoms with Gasteiger partial charge in [-0.05, 0) is 68.1 Å². The van der Waals surface area contributed by atoms with Gasteiger partial charge in [0, 0.05) is 16.4 Å². The van der Waals surface area contributed by atoms with E-state index in [-0.39, 0.29) is 18.6 Å². The molecule has 1 amide bonds. The summed E-state index contributed by atoms with van der Waals surface area (Å²) in [7, 11) is 0. The van der Waals surface area contributed by atoms with Gasteiger partial charge in [-0.1, -0.05) is 17.7 Å². The Morgan fingerprint density at radius 2 is 2.16 bits per heavy atom. The van der Waals surface area contributed by atoms with Crippen LogP contribution in [-0.2, 0) is 4.79 Å². The number of hydrogen-bond donors (Lipinski definition) is 1. The number of amides is 1. The number of hydrogen-bond acceptors (Lipinski definition) is 4. The van der Waals surface area contributed by atoms with Crippen molar-refractivity contribution in [2.24, 2.45) is 0 Å². The second-order valence-corrected chi connectivity index (χ2v) is 7.66. The first-order valence-corrected chi connectivity index (χ1v) is 9.82. The number of likely N-dealkylation sites (tertiary alicyclic amines) is 1. The topological polar surface area (TPSA) is 41.6 Å². The fourth-order valence-corrected chi connectivity index (χ4v) is 4.04. The monoisotopic (exact) mass is 378 g/mol. The molecule has 2 aromatic rings. The molecule has 1 saturated heterocycles. The molecular weight excluding hydrogens is 356 g/mol. The molecule has 1 unspecified atom stereocenters. The lowest BCUT2D eigenvalue weighted by atomic mass is 10.2. The zero-order valence-electron chi connectivity index (χ0n) is 14.3. The smallest absolute Gasteiger partial charge is 0.258 e. The molecule has 1 aliphatic rings. The lowest BCUT2D eigenvalue weighted by Gasteiger charge is -2.26. The van der Waals surface area contributed by atoms with Gasteiger partial charge in [-0.2, -0.15) is 0 Å². The Labute approximate surface area is 157 Å². The lowest BCUT2D eigenvalue weighted by molar-refractivity contribution is -0.123. The molecule has 3 rings (SSSR count). The fraction of sp³-hybridized carbons (Fsp3) is 0.421. The molecule has 1 N–H and O–H groups in total. The second kappa shape index (κ2) is 8.70. The first kappa shape index (κ1) is 18.2. The van der Waals surface area contributed by atoms with Gasteiger partial charge in [-0.3, -0.25) is 9.69 Å². The van der Waals surface area contributed by atoms with E-state index in [2.05, 4.69) is 27.7 Å². The van der Waals surface area contributed by atoms with Crippen molar-refractivity contribution in [3.8, 4) is 5.75 Å². The third-order valence-corrected chi connectivity index (χ3v) is 5.84. The van der Waals surface area contributed by atoms with Crippen molar-refractivity contribution in [3.05, 3.63) is 51.2 Å². The van der Waals surface area contributed by atoms with E-state index in [1.165, 1.54) is 17.7 Å². The van der Waals surface area contributed by atoms with Crippen LogP contribution in [0.1, 0.15) is 29.3 Å². The first-order chi connectivity index (χ1) is 12.1. The SMILES string of the molecule is Cc1cc(OCC(=O)NCC(c2cccs2)N2CCCC2)ccc1Cl. The fourth-order valence-electron chi connectivity index (χ4n) is 3.06. The molecule has 0 radical (unpaired) electrons. The van der Waals surface area contributed by atoms with Crippen LogP contribution in [0.3, 0.4) is 0 Å². The zero-order chi connectivity index (χ0) is 17.6. The maximum Gasteiger partial charge on any atom is 0.258 e. The van der Waals surface area contributed by atoms with Crippen molar-refractivity contribution < 1.29 is 9.53 Å². The minimum atomic E-state index is -0.103. The van der Waals surface area contributed by atoms with Crippen molar-refractivity contribution in [1.29, 1.82) is 0 Å². The molecule has 0 saturated carbocycles. The summed E-state index contributed by atoms with van der Waals surface area (Å²) in [6, 6.07) is 9.87. The number of carbonyl (C=O) groups excluding carboxylic acids is 1. The van der Waals surface area contributed by atoms with Crippen LogP contribution in [0.4, 0.5) is 0 Å². The van der Waals surface area contributed by atoms with Gasteiger partial charge < -0.3 is 10.1 Å². The number of carbonyl (C=O) groups is 1. The standard InChI is InChI=1S/C19H23ClN2O2S/c1-14-11-15(6-7-16(14)20)24-13-19(23)21-12-17(18-5-4-10-25-18)22-8-2-3-9-22/h4-7,10-11,17H,2-3,8-9,12-13H2,1H3,(H,21,23). The Kier molecular flexibility index (Phi) is 6.34. The van der Waals surface area contributed by atoms with Crippen molar-refractivity contribution in [1.82, 2.24) is 10.2 Å². The van der Waals surface area contributed by atoms with Crippen molar-refractivity contribution in [2.75, 3.05) is 26.2 Å². The van der Waals surface area contributed by atoms with E-state index in [4.69, 9.17) is 16.3 Å². The van der Waals surface area contributed by atoms with Gasteiger partial charge in [0.1, 0.15) is 5.75 Å². The normalized spacial score (nSPS) is 15.9. The minimum Gasteiger partial charge on any atom is -0.484 e. The Balaban J connectivity index is 1.51. The highest BCUT2D eigenvalue weighted by Crippen LogP contribution is 2.27. The highest BCUT2D eigenvalue weighted by Gasteiger charge is 2.24. The first-order valence-electron chi connectivity index (χ1n) is 8.56. The third kappa shape index (κ3) is 4.97. The summed E-state index contributed by atoms with van der Waals surface area (Å²) in [5.74, 6) is 0.555. The minimum absolute atomic E-state index is 0.0121. The predicted molar refractivity (Wildman–Crippen MR) is 103 cm³/mol. The maximum atomic E-state index is 12.2. The molecule has 0 spiro atoms. The summed E-state index contributed by atoms with van der Waals surface area (Å²) in [5.41, 5.74) is 0.936. The van der Waals surface area contributed by atoms with Gasteiger partial charge in [0.05, 0.1) is 6.04 Å². The largest absolute Gasteiger partial charge is 0.484 e. The van der Waals surface area contributed by atoms with Crippen LogP contribution >= 0.6 is 22.9 Å². The Morgan fingerprint density at radius 1 is 1.36 bits per heavy atom. The van der Waals surface area contributed by atoms with Crippen molar-refractivity contribution >= 4 is 28.8 Å². The van der Waals surface area contributed by atoms with Crippen molar-refractivity contribution in [3.63, 3.8) is 0 Å². The van der Waals surface area contributed by atoms with Crippen LogP contribution < -0.4 is 10.1 Å². The van der Waals surface area contributed by atoms with Gasteiger partial charge in [0.2, 0.25) is 0 Å². The number of thiophene rings is 1. The van der Waals surface area contributed by atoms with Crippen LogP contribution in [0.5, 0.6) is 5.75 Å². The summed E-state index contributed by atoms with van der Waals surface area (Å²) >= 11 is 7.75. The van der Waals surface area contributed by atoms with E-state index >= 15 is 0 Å². The van der Waals surface area contributed by atoms with E-state index < -0.39 is 0 Å². The second-order valence-electron chi connectivity index (χ2n) is 6.28. The average molecular weight is 379 g/mol. The molecular formula is C19H23ClN2O2S. The molecule has 1 aromatic carbocycles. The van der Waals surface area contributed by atoms with Crippen LogP contribution in [0.2, 0.25) is 5.02 Å². The molecule has 25 heavy (non-hydrogen) atoms. The van der Waals surface area contributed by atoms with Gasteiger partial charge in [-0.15, -0.1) is 11.3 Å². The number of aryl methyl sites for hydroxylation is 1. The molecule has 0 bridgehead atoms. The van der Waals surface area contributed by atoms with Gasteiger partial charge in [0.25, 0.3) is 5.91 Å². The molecule has 6 heteroatoms. The number of benzene rings is 1. The van der Waals surface area contributed by atoms with Crippen LogP contribution in [0, 0.1) is 6.92 Å². The average Bonchev–Trinajstić information content (AvgIpc) is 3.30. The number of ether oxygens (including phenoxy) is 1. The van der Waals surface area contributed by atoms with Gasteiger partial charge in [-0.25, -0.2) is 0 Å². The molecule has 4 nitrogen and oxygen atoms in total. The van der Waals surface area contributed by atoms with Gasteiger partial charge in [0.15, 0.2) is 6.61 Å². The molecule has 0 aliphatic carbocycles. The summed E-state index contributed by atoms with van der Waals surface area (Å²) in [4.78, 5) is 15.9. The maximum absolute atomic E-state index is 12.2. The number of nitrogens with one attached hydrogen (secondary N) is 1. The summed E-state index contributed by atoms with van der Waals surface area (Å²) in [5, 5.41) is 5.80. The Morgan fingerprint density at radius 3 is 2.84 bits per heavy atom.